The van der Waals surface area contributed by atoms with Crippen molar-refractivity contribution in [2.24, 2.45) is 0 Å². The monoisotopic (exact) mass is 478 g/mol. The standard InChI is InChI=1S/C28H34N2O5/c1-20(31)34-25-12-8-11-23(17-25)27-15-16-29(3)19-28(27,35-21(2)32)14-13-24(18-27)30(4)26(33)22-9-6-5-7-10-22/h5-12,17,24H,13-16,18-19H2,1-4H3/t24-,27-,28-/m0/s1. The van der Waals surface area contributed by atoms with Crippen molar-refractivity contribution in [3.63, 3.8) is 0 Å². The van der Waals surface area contributed by atoms with Crippen LogP contribution in [0.25, 0.3) is 0 Å². The highest BCUT2D eigenvalue weighted by Gasteiger charge is 2.61. The molecule has 0 N–H and O–H groups in total. The van der Waals surface area contributed by atoms with Gasteiger partial charge in [-0.05, 0) is 69.1 Å². The molecule has 1 saturated carbocycles. The molecule has 3 atom stereocenters. The zero-order chi connectivity index (χ0) is 25.2. The summed E-state index contributed by atoms with van der Waals surface area (Å²) in [6.07, 6.45) is 2.75. The molecule has 0 bridgehead atoms. The Bertz CT molecular complexity index is 1100. The highest BCUT2D eigenvalue weighted by Crippen LogP contribution is 2.54. The van der Waals surface area contributed by atoms with Crippen LogP contribution in [0.1, 0.15) is 55.5 Å². The summed E-state index contributed by atoms with van der Waals surface area (Å²) in [4.78, 5) is 41.4. The number of likely N-dealkylation sites (tertiary alicyclic amines) is 1. The van der Waals surface area contributed by atoms with Gasteiger partial charge in [0.05, 0.1) is 0 Å². The molecule has 2 aliphatic rings. The van der Waals surface area contributed by atoms with Crippen molar-refractivity contribution in [3.8, 4) is 5.75 Å². The lowest BCUT2D eigenvalue weighted by molar-refractivity contribution is -0.187. The van der Waals surface area contributed by atoms with Gasteiger partial charge in [0.25, 0.3) is 5.91 Å². The van der Waals surface area contributed by atoms with E-state index in [1.165, 1.54) is 13.8 Å². The summed E-state index contributed by atoms with van der Waals surface area (Å²) in [5.74, 6) is -0.250. The Morgan fingerprint density at radius 1 is 1.00 bits per heavy atom. The average molecular weight is 479 g/mol. The van der Waals surface area contributed by atoms with E-state index in [-0.39, 0.29) is 23.9 Å². The Labute approximate surface area is 207 Å². The van der Waals surface area contributed by atoms with Crippen LogP contribution in [0.2, 0.25) is 0 Å². The second kappa shape index (κ2) is 9.82. The van der Waals surface area contributed by atoms with Crippen LogP contribution in [-0.2, 0) is 19.7 Å². The van der Waals surface area contributed by atoms with E-state index in [4.69, 9.17) is 9.47 Å². The number of carbonyl (C=O) groups excluding carboxylic acids is 3. The molecular weight excluding hydrogens is 444 g/mol. The molecule has 1 saturated heterocycles. The van der Waals surface area contributed by atoms with E-state index in [0.717, 1.165) is 24.9 Å². The molecule has 0 unspecified atom stereocenters. The summed E-state index contributed by atoms with van der Waals surface area (Å²) in [6.45, 7) is 4.27. The molecule has 2 aromatic carbocycles. The highest BCUT2D eigenvalue weighted by molar-refractivity contribution is 5.94. The predicted molar refractivity (Wildman–Crippen MR) is 132 cm³/mol. The van der Waals surface area contributed by atoms with Gasteiger partial charge in [0.2, 0.25) is 0 Å². The van der Waals surface area contributed by atoms with Gasteiger partial charge in [0.1, 0.15) is 11.4 Å². The Morgan fingerprint density at radius 2 is 1.74 bits per heavy atom. The third-order valence-electron chi connectivity index (χ3n) is 7.66. The largest absolute Gasteiger partial charge is 0.457 e. The minimum atomic E-state index is -0.742. The summed E-state index contributed by atoms with van der Waals surface area (Å²) in [6, 6.07) is 16.8. The molecule has 2 fully saturated rings. The van der Waals surface area contributed by atoms with Crippen LogP contribution in [0.3, 0.4) is 0 Å². The van der Waals surface area contributed by atoms with E-state index >= 15 is 0 Å². The van der Waals surface area contributed by atoms with Crippen LogP contribution in [0, 0.1) is 0 Å². The molecule has 0 radical (unpaired) electrons. The van der Waals surface area contributed by atoms with Crippen molar-refractivity contribution in [3.05, 3.63) is 65.7 Å². The number of hydrogen-bond donors (Lipinski definition) is 0. The maximum absolute atomic E-state index is 13.3. The van der Waals surface area contributed by atoms with Crippen molar-refractivity contribution < 1.29 is 23.9 Å². The van der Waals surface area contributed by atoms with Gasteiger partial charge in [-0.15, -0.1) is 0 Å². The average Bonchev–Trinajstić information content (AvgIpc) is 2.82. The van der Waals surface area contributed by atoms with E-state index in [9.17, 15) is 14.4 Å². The first-order valence-electron chi connectivity index (χ1n) is 12.2. The van der Waals surface area contributed by atoms with E-state index < -0.39 is 11.0 Å². The molecule has 1 heterocycles. The Hall–Kier alpha value is -3.19. The lowest BCUT2D eigenvalue weighted by atomic mass is 9.55. The minimum Gasteiger partial charge on any atom is -0.457 e. The summed E-state index contributed by atoms with van der Waals surface area (Å²) < 4.78 is 11.6. The number of likely N-dealkylation sites (N-methyl/N-ethyl adjacent to an activating group) is 1. The number of rotatable bonds is 5. The number of benzene rings is 2. The fourth-order valence-corrected chi connectivity index (χ4v) is 6.07. The van der Waals surface area contributed by atoms with Gasteiger partial charge in [-0.2, -0.15) is 0 Å². The molecule has 7 heteroatoms. The van der Waals surface area contributed by atoms with E-state index in [2.05, 4.69) is 4.90 Å². The normalized spacial score (nSPS) is 26.3. The van der Waals surface area contributed by atoms with Crippen LogP contribution in [0.15, 0.2) is 54.6 Å². The molecule has 1 aliphatic heterocycles. The number of carbonyl (C=O) groups is 3. The lowest BCUT2D eigenvalue weighted by Gasteiger charge is -2.59. The van der Waals surface area contributed by atoms with Crippen molar-refractivity contribution in [2.45, 2.75) is 56.6 Å². The zero-order valence-corrected chi connectivity index (χ0v) is 21.0. The van der Waals surface area contributed by atoms with Gasteiger partial charge in [0, 0.05) is 44.5 Å². The zero-order valence-electron chi connectivity index (χ0n) is 21.0. The van der Waals surface area contributed by atoms with Gasteiger partial charge in [-0.25, -0.2) is 0 Å². The Kier molecular flexibility index (Phi) is 6.99. The molecule has 1 aliphatic carbocycles. The first-order valence-corrected chi connectivity index (χ1v) is 12.2. The van der Waals surface area contributed by atoms with Crippen LogP contribution in [0.4, 0.5) is 0 Å². The molecule has 1 amide bonds. The van der Waals surface area contributed by atoms with Gasteiger partial charge in [-0.3, -0.25) is 14.4 Å². The quantitative estimate of drug-likeness (QED) is 0.481. The molecule has 35 heavy (non-hydrogen) atoms. The number of fused-ring (bicyclic) bond motifs is 1. The van der Waals surface area contributed by atoms with Gasteiger partial charge < -0.3 is 19.3 Å². The SMILES string of the molecule is CC(=O)Oc1cccc([C@@]23CCN(C)C[C@@]2(OC(C)=O)CC[C@H](N(C)C(=O)c2ccccc2)C3)c1. The number of piperidine rings is 1. The summed E-state index contributed by atoms with van der Waals surface area (Å²) in [5, 5.41) is 0. The van der Waals surface area contributed by atoms with Gasteiger partial charge in [0.15, 0.2) is 0 Å². The highest BCUT2D eigenvalue weighted by atomic mass is 16.6. The van der Waals surface area contributed by atoms with Crippen LogP contribution >= 0.6 is 0 Å². The fraction of sp³-hybridized carbons (Fsp3) is 0.464. The number of ether oxygens (including phenoxy) is 2. The van der Waals surface area contributed by atoms with E-state index in [0.29, 0.717) is 30.7 Å². The molecule has 0 spiro atoms. The van der Waals surface area contributed by atoms with Gasteiger partial charge >= 0.3 is 11.9 Å². The van der Waals surface area contributed by atoms with E-state index in [1.54, 1.807) is 6.07 Å². The second-order valence-electron chi connectivity index (χ2n) is 9.96. The number of amides is 1. The third kappa shape index (κ3) is 4.82. The molecule has 0 aromatic heterocycles. The first-order chi connectivity index (χ1) is 16.7. The molecule has 186 valence electrons. The molecule has 2 aromatic rings. The summed E-state index contributed by atoms with van der Waals surface area (Å²) in [7, 11) is 3.90. The van der Waals surface area contributed by atoms with Crippen LogP contribution in [-0.4, -0.2) is 66.5 Å². The van der Waals surface area contributed by atoms with Gasteiger partial charge in [-0.1, -0.05) is 30.3 Å². The Morgan fingerprint density at radius 3 is 2.43 bits per heavy atom. The van der Waals surface area contributed by atoms with Crippen LogP contribution < -0.4 is 4.74 Å². The first kappa shape index (κ1) is 24.9. The van der Waals surface area contributed by atoms with Crippen molar-refractivity contribution in [2.75, 3.05) is 27.2 Å². The topological polar surface area (TPSA) is 76.2 Å². The van der Waals surface area contributed by atoms with Crippen molar-refractivity contribution in [1.82, 2.24) is 9.80 Å². The number of hydrogen-bond acceptors (Lipinski definition) is 6. The second-order valence-corrected chi connectivity index (χ2v) is 9.96. The maximum atomic E-state index is 13.3. The molecular formula is C28H34N2O5. The summed E-state index contributed by atoms with van der Waals surface area (Å²) in [5.41, 5.74) is 0.348. The molecule has 4 rings (SSSR count). The molecule has 7 nitrogen and oxygen atoms in total. The lowest BCUT2D eigenvalue weighted by Crippen LogP contribution is -2.68. The third-order valence-corrected chi connectivity index (χ3v) is 7.66. The van der Waals surface area contributed by atoms with Crippen molar-refractivity contribution >= 4 is 17.8 Å². The minimum absolute atomic E-state index is 0.0210. The maximum Gasteiger partial charge on any atom is 0.308 e. The summed E-state index contributed by atoms with van der Waals surface area (Å²) >= 11 is 0. The van der Waals surface area contributed by atoms with E-state index in [1.807, 2.05) is 67.5 Å². The number of nitrogens with zero attached hydrogens (tertiary/aromatic N) is 2. The van der Waals surface area contributed by atoms with Crippen LogP contribution in [0.5, 0.6) is 5.75 Å². The predicted octanol–water partition coefficient (Wildman–Crippen LogP) is 3.81. The smallest absolute Gasteiger partial charge is 0.308 e. The van der Waals surface area contributed by atoms with Crippen molar-refractivity contribution in [1.29, 1.82) is 0 Å². The fourth-order valence-electron chi connectivity index (χ4n) is 6.07. The number of esters is 2. The Balaban J connectivity index is 1.77.